The molecule has 0 amide bonds. The third-order valence-electron chi connectivity index (χ3n) is 7.85. The Balaban J connectivity index is 1.38. The monoisotopic (exact) mass is 768 g/mol. The van der Waals surface area contributed by atoms with Crippen LogP contribution in [0.1, 0.15) is 22.9 Å². The molecule has 8 heteroatoms. The van der Waals surface area contributed by atoms with Gasteiger partial charge >= 0.3 is 294 Å². The van der Waals surface area contributed by atoms with E-state index in [1.54, 1.807) is 0 Å². The van der Waals surface area contributed by atoms with Crippen LogP contribution in [0.4, 0.5) is 0 Å². The predicted molar refractivity (Wildman–Crippen MR) is 194 cm³/mol. The quantitative estimate of drug-likeness (QED) is 0.114. The molecule has 0 aliphatic heterocycles. The van der Waals surface area contributed by atoms with E-state index < -0.39 is 23.1 Å². The van der Waals surface area contributed by atoms with Gasteiger partial charge in [0.1, 0.15) is 0 Å². The molecule has 0 aliphatic rings. The van der Waals surface area contributed by atoms with Crippen molar-refractivity contribution in [1.82, 2.24) is 9.55 Å². The van der Waals surface area contributed by atoms with Crippen LogP contribution in [0.15, 0.2) is 174 Å². The van der Waals surface area contributed by atoms with Crippen molar-refractivity contribution in [3.05, 3.63) is 201 Å². The Kier molecular flexibility index (Phi) is 11.7. The van der Waals surface area contributed by atoms with Crippen LogP contribution in [0.2, 0.25) is 10.6 Å². The molecule has 0 radical (unpaired) electrons. The number of nitrogens with one attached hydrogen (secondary N) is 1. The molecule has 48 heavy (non-hydrogen) atoms. The SMILES string of the molecule is O=c1ccn([C@@H](C[Se]c2ccccc2)O[C@H](COC(c2ccccc2)(c2ccccc2)c2ccccc2)C[Se]c2ccccc2)c(=O)[nH]1. The van der Waals surface area contributed by atoms with Crippen LogP contribution in [0, 0.1) is 0 Å². The van der Waals surface area contributed by atoms with E-state index in [2.05, 4.69) is 77.8 Å². The van der Waals surface area contributed by atoms with E-state index in [9.17, 15) is 9.59 Å². The Labute approximate surface area is 293 Å². The van der Waals surface area contributed by atoms with Crippen molar-refractivity contribution in [2.75, 3.05) is 6.61 Å². The second-order valence-electron chi connectivity index (χ2n) is 11.1. The molecule has 5 aromatic carbocycles. The summed E-state index contributed by atoms with van der Waals surface area (Å²) in [7, 11) is 0. The van der Waals surface area contributed by atoms with E-state index in [4.69, 9.17) is 9.47 Å². The molecule has 1 aromatic heterocycles. The first-order valence-electron chi connectivity index (χ1n) is 15.7. The zero-order valence-corrected chi connectivity index (χ0v) is 29.7. The van der Waals surface area contributed by atoms with Gasteiger partial charge < -0.3 is 0 Å². The third-order valence-corrected chi connectivity index (χ3v) is 12.5. The summed E-state index contributed by atoms with van der Waals surface area (Å²) in [5.74, 6) is 0. The van der Waals surface area contributed by atoms with Crippen LogP contribution in [0.5, 0.6) is 0 Å². The molecule has 0 saturated carbocycles. The van der Waals surface area contributed by atoms with Crippen molar-refractivity contribution in [1.29, 1.82) is 0 Å². The summed E-state index contributed by atoms with van der Waals surface area (Å²) in [6, 6.07) is 52.9. The first-order valence-corrected chi connectivity index (χ1v) is 19.9. The van der Waals surface area contributed by atoms with E-state index in [0.29, 0.717) is 5.32 Å². The number of nitrogens with zero attached hydrogens (tertiary/aromatic N) is 1. The molecule has 0 aliphatic carbocycles. The summed E-state index contributed by atoms with van der Waals surface area (Å²) in [5, 5.41) is 1.32. The molecule has 6 rings (SSSR count). The molecular formula is C40H36N2O4Se2. The van der Waals surface area contributed by atoms with Crippen molar-refractivity contribution in [3.63, 3.8) is 0 Å². The second kappa shape index (κ2) is 16.7. The minimum absolute atomic E-state index is 0.0133. The van der Waals surface area contributed by atoms with Gasteiger partial charge in [0.2, 0.25) is 0 Å². The van der Waals surface area contributed by atoms with E-state index in [1.807, 2.05) is 78.9 Å². The Morgan fingerprint density at radius 1 is 0.583 bits per heavy atom. The maximum atomic E-state index is 13.1. The summed E-state index contributed by atoms with van der Waals surface area (Å²) >= 11 is 0.0919. The van der Waals surface area contributed by atoms with Crippen molar-refractivity contribution in [2.45, 2.75) is 28.6 Å². The van der Waals surface area contributed by atoms with Gasteiger partial charge in [-0.05, 0) is 0 Å². The van der Waals surface area contributed by atoms with Crippen molar-refractivity contribution < 1.29 is 9.47 Å². The van der Waals surface area contributed by atoms with Gasteiger partial charge in [-0.15, -0.1) is 0 Å². The van der Waals surface area contributed by atoms with Crippen LogP contribution in [0.3, 0.4) is 0 Å². The fraction of sp³-hybridized carbons (Fsp3) is 0.150. The Morgan fingerprint density at radius 2 is 1.02 bits per heavy atom. The van der Waals surface area contributed by atoms with Crippen LogP contribution in [-0.4, -0.2) is 52.2 Å². The number of aromatic nitrogens is 2. The van der Waals surface area contributed by atoms with Crippen LogP contribution < -0.4 is 20.2 Å². The number of aromatic amines is 1. The van der Waals surface area contributed by atoms with E-state index in [1.165, 1.54) is 25.8 Å². The van der Waals surface area contributed by atoms with Gasteiger partial charge in [-0.1, -0.05) is 0 Å². The zero-order chi connectivity index (χ0) is 33.0. The molecule has 0 bridgehead atoms. The molecular weight excluding hydrogens is 730 g/mol. The normalized spacial score (nSPS) is 12.8. The number of hydrogen-bond acceptors (Lipinski definition) is 4. The van der Waals surface area contributed by atoms with Gasteiger partial charge in [0, 0.05) is 0 Å². The maximum absolute atomic E-state index is 13.1. The van der Waals surface area contributed by atoms with Gasteiger partial charge in [0.05, 0.1) is 0 Å². The van der Waals surface area contributed by atoms with Gasteiger partial charge in [-0.25, -0.2) is 0 Å². The first kappa shape index (κ1) is 33.6. The summed E-state index contributed by atoms with van der Waals surface area (Å²) in [6.45, 7) is 0.264. The Bertz CT molecular complexity index is 1860. The summed E-state index contributed by atoms with van der Waals surface area (Å²) in [5.41, 5.74) is 1.19. The predicted octanol–water partition coefficient (Wildman–Crippen LogP) is 5.33. The first-order chi connectivity index (χ1) is 23.6. The molecule has 1 heterocycles. The Morgan fingerprint density at radius 3 is 1.48 bits per heavy atom. The molecule has 6 aromatic rings. The molecule has 2 atom stereocenters. The van der Waals surface area contributed by atoms with Crippen molar-refractivity contribution in [3.8, 4) is 0 Å². The standard InChI is InChI=1S/C40H36N2O4Se2/c43-37-26-27-42(39(44)41-37)38(30-48-36-24-14-5-15-25-36)46-34(29-47-35-22-12-4-13-23-35)28-45-40(31-16-6-1-7-17-31,32-18-8-2-9-19-32)33-20-10-3-11-21-33/h1-27,34,38H,28-30H2,(H,41,43,44)/t34-,38-/m1/s1. The topological polar surface area (TPSA) is 73.3 Å². The number of ether oxygens (including phenoxy) is 2. The third kappa shape index (κ3) is 8.41. The fourth-order valence-corrected chi connectivity index (χ4v) is 9.40. The number of hydrogen-bond donors (Lipinski definition) is 1. The van der Waals surface area contributed by atoms with Crippen LogP contribution in [-0.2, 0) is 15.1 Å². The van der Waals surface area contributed by atoms with Gasteiger partial charge in [-0.3, -0.25) is 0 Å². The van der Waals surface area contributed by atoms with Crippen LogP contribution in [0.25, 0.3) is 0 Å². The molecule has 6 nitrogen and oxygen atoms in total. The van der Waals surface area contributed by atoms with Crippen molar-refractivity contribution in [2.24, 2.45) is 0 Å². The average molecular weight is 767 g/mol. The second-order valence-corrected chi connectivity index (χ2v) is 15.7. The average Bonchev–Trinajstić information content (AvgIpc) is 3.14. The van der Waals surface area contributed by atoms with Gasteiger partial charge in [0.15, 0.2) is 0 Å². The summed E-state index contributed by atoms with van der Waals surface area (Å²) in [6.07, 6.45) is 0.570. The number of benzene rings is 5. The number of H-pyrrole nitrogens is 1. The molecule has 0 saturated heterocycles. The van der Waals surface area contributed by atoms with E-state index >= 15 is 0 Å². The summed E-state index contributed by atoms with van der Waals surface area (Å²) in [4.78, 5) is 27.6. The molecule has 0 fully saturated rings. The molecule has 0 unspecified atom stereocenters. The van der Waals surface area contributed by atoms with E-state index in [-0.39, 0.29) is 42.6 Å². The molecule has 0 spiro atoms. The molecule has 242 valence electrons. The van der Waals surface area contributed by atoms with Gasteiger partial charge in [-0.2, -0.15) is 0 Å². The van der Waals surface area contributed by atoms with Crippen LogP contribution >= 0.6 is 0 Å². The van der Waals surface area contributed by atoms with E-state index in [0.717, 1.165) is 22.0 Å². The van der Waals surface area contributed by atoms with Gasteiger partial charge in [0.25, 0.3) is 0 Å². The fourth-order valence-electron chi connectivity index (χ4n) is 5.56. The molecule has 1 N–H and O–H groups in total. The summed E-state index contributed by atoms with van der Waals surface area (Å²) < 4.78 is 18.1. The minimum atomic E-state index is -0.913. The zero-order valence-electron chi connectivity index (χ0n) is 26.3. The van der Waals surface area contributed by atoms with Crippen molar-refractivity contribution >= 4 is 38.8 Å². The Hall–Kier alpha value is -4.26. The number of rotatable bonds is 15.